The Labute approximate surface area is 104 Å². The van der Waals surface area contributed by atoms with Crippen LogP contribution in [0.5, 0.6) is 0 Å². The van der Waals surface area contributed by atoms with Gasteiger partial charge in [-0.2, -0.15) is 0 Å². The molecule has 0 radical (unpaired) electrons. The van der Waals surface area contributed by atoms with Crippen LogP contribution in [0.4, 0.5) is 5.69 Å². The van der Waals surface area contributed by atoms with E-state index in [2.05, 4.69) is 4.98 Å². The van der Waals surface area contributed by atoms with Crippen LogP contribution in [0.2, 0.25) is 5.02 Å². The Hall–Kier alpha value is -1.19. The van der Waals surface area contributed by atoms with Crippen molar-refractivity contribution < 1.29 is 0 Å². The van der Waals surface area contributed by atoms with E-state index >= 15 is 0 Å². The van der Waals surface area contributed by atoms with Gasteiger partial charge in [-0.05, 0) is 29.8 Å². The largest absolute Gasteiger partial charge is 0.399 e. The summed E-state index contributed by atoms with van der Waals surface area (Å²) >= 11 is 7.62. The number of hydrogen-bond acceptors (Lipinski definition) is 3. The summed E-state index contributed by atoms with van der Waals surface area (Å²) in [4.78, 5) is 4.22. The van der Waals surface area contributed by atoms with E-state index in [-0.39, 0.29) is 0 Å². The van der Waals surface area contributed by atoms with Gasteiger partial charge in [0.1, 0.15) is 5.03 Å². The minimum atomic E-state index is 0.691. The normalized spacial score (nSPS) is 10.3. The molecule has 2 aromatic rings. The Morgan fingerprint density at radius 1 is 1.25 bits per heavy atom. The molecule has 1 aromatic heterocycles. The SMILES string of the molecule is Nc1cccc(CSc2ncccc2Cl)c1. The van der Waals surface area contributed by atoms with Gasteiger partial charge in [0.25, 0.3) is 0 Å². The summed E-state index contributed by atoms with van der Waals surface area (Å²) in [7, 11) is 0. The highest BCUT2D eigenvalue weighted by Crippen LogP contribution is 2.27. The molecule has 0 bridgehead atoms. The third-order valence-electron chi connectivity index (χ3n) is 2.05. The first-order chi connectivity index (χ1) is 7.75. The van der Waals surface area contributed by atoms with Crippen LogP contribution in [0.15, 0.2) is 47.6 Å². The van der Waals surface area contributed by atoms with E-state index in [0.29, 0.717) is 5.02 Å². The Balaban J connectivity index is 2.05. The number of halogens is 1. The Morgan fingerprint density at radius 3 is 2.88 bits per heavy atom. The maximum Gasteiger partial charge on any atom is 0.115 e. The number of pyridine rings is 1. The molecule has 0 aliphatic rings. The monoisotopic (exact) mass is 250 g/mol. The molecule has 1 aromatic carbocycles. The zero-order valence-electron chi connectivity index (χ0n) is 8.56. The van der Waals surface area contributed by atoms with Gasteiger partial charge in [-0.3, -0.25) is 0 Å². The highest BCUT2D eigenvalue weighted by Gasteiger charge is 2.02. The third-order valence-corrected chi connectivity index (χ3v) is 3.54. The molecular weight excluding hydrogens is 240 g/mol. The molecule has 0 aliphatic heterocycles. The number of nitrogen functional groups attached to an aromatic ring is 1. The highest BCUT2D eigenvalue weighted by atomic mass is 35.5. The van der Waals surface area contributed by atoms with Crippen molar-refractivity contribution in [3.8, 4) is 0 Å². The quantitative estimate of drug-likeness (QED) is 0.668. The van der Waals surface area contributed by atoms with Crippen molar-refractivity contribution >= 4 is 29.1 Å². The molecule has 0 aliphatic carbocycles. The van der Waals surface area contributed by atoms with Gasteiger partial charge in [-0.25, -0.2) is 4.98 Å². The average Bonchev–Trinajstić information content (AvgIpc) is 2.28. The van der Waals surface area contributed by atoms with E-state index < -0.39 is 0 Å². The lowest BCUT2D eigenvalue weighted by Crippen LogP contribution is -1.87. The van der Waals surface area contributed by atoms with E-state index in [9.17, 15) is 0 Å². The summed E-state index contributed by atoms with van der Waals surface area (Å²) in [6.07, 6.45) is 1.74. The summed E-state index contributed by atoms with van der Waals surface area (Å²) in [6, 6.07) is 11.5. The second-order valence-corrected chi connectivity index (χ2v) is 4.70. The predicted molar refractivity (Wildman–Crippen MR) is 69.7 cm³/mol. The van der Waals surface area contributed by atoms with Crippen molar-refractivity contribution in [2.75, 3.05) is 5.73 Å². The van der Waals surface area contributed by atoms with Crippen molar-refractivity contribution in [2.24, 2.45) is 0 Å². The molecule has 0 amide bonds. The standard InChI is InChI=1S/C12H11ClN2S/c13-11-5-2-6-15-12(11)16-8-9-3-1-4-10(14)7-9/h1-7H,8,14H2. The first kappa shape index (κ1) is 11.3. The number of thioether (sulfide) groups is 1. The van der Waals surface area contributed by atoms with Gasteiger partial charge in [0, 0.05) is 17.6 Å². The molecule has 2 nitrogen and oxygen atoms in total. The van der Waals surface area contributed by atoms with Crippen molar-refractivity contribution in [1.29, 1.82) is 0 Å². The van der Waals surface area contributed by atoms with E-state index in [1.54, 1.807) is 18.0 Å². The zero-order valence-corrected chi connectivity index (χ0v) is 10.1. The Bertz CT molecular complexity index is 488. The molecule has 0 spiro atoms. The highest BCUT2D eigenvalue weighted by molar-refractivity contribution is 7.98. The molecule has 0 atom stereocenters. The molecule has 0 saturated heterocycles. The number of aromatic nitrogens is 1. The number of hydrogen-bond donors (Lipinski definition) is 1. The van der Waals surface area contributed by atoms with Gasteiger partial charge in [0.05, 0.1) is 5.02 Å². The molecule has 0 unspecified atom stereocenters. The lowest BCUT2D eigenvalue weighted by Gasteiger charge is -2.03. The molecule has 4 heteroatoms. The molecule has 2 rings (SSSR count). The van der Waals surface area contributed by atoms with Gasteiger partial charge in [-0.1, -0.05) is 23.7 Å². The molecule has 0 saturated carbocycles. The Kier molecular flexibility index (Phi) is 3.70. The van der Waals surface area contributed by atoms with E-state index in [1.807, 2.05) is 36.4 Å². The van der Waals surface area contributed by atoms with Gasteiger partial charge in [-0.15, -0.1) is 11.8 Å². The maximum absolute atomic E-state index is 6.01. The van der Waals surface area contributed by atoms with Crippen LogP contribution in [-0.2, 0) is 5.75 Å². The number of anilines is 1. The summed E-state index contributed by atoms with van der Waals surface area (Å²) < 4.78 is 0. The molecule has 0 fully saturated rings. The van der Waals surface area contributed by atoms with Crippen molar-refractivity contribution in [1.82, 2.24) is 4.98 Å². The minimum Gasteiger partial charge on any atom is -0.399 e. The zero-order chi connectivity index (χ0) is 11.4. The first-order valence-electron chi connectivity index (χ1n) is 4.83. The van der Waals surface area contributed by atoms with Crippen LogP contribution in [0, 0.1) is 0 Å². The lowest BCUT2D eigenvalue weighted by molar-refractivity contribution is 1.13. The van der Waals surface area contributed by atoms with Gasteiger partial charge >= 0.3 is 0 Å². The molecular formula is C12H11ClN2S. The summed E-state index contributed by atoms with van der Waals surface area (Å²) in [5, 5.41) is 1.54. The first-order valence-corrected chi connectivity index (χ1v) is 6.20. The smallest absolute Gasteiger partial charge is 0.115 e. The second kappa shape index (κ2) is 5.23. The third kappa shape index (κ3) is 2.90. The van der Waals surface area contributed by atoms with Crippen molar-refractivity contribution in [3.05, 3.63) is 53.2 Å². The number of nitrogens with zero attached hydrogens (tertiary/aromatic N) is 1. The average molecular weight is 251 g/mol. The summed E-state index contributed by atoms with van der Waals surface area (Å²) in [5.41, 5.74) is 7.66. The van der Waals surface area contributed by atoms with Crippen LogP contribution in [-0.4, -0.2) is 4.98 Å². The number of benzene rings is 1. The van der Waals surface area contributed by atoms with Gasteiger partial charge < -0.3 is 5.73 Å². The van der Waals surface area contributed by atoms with E-state index in [0.717, 1.165) is 16.5 Å². The van der Waals surface area contributed by atoms with Crippen LogP contribution in [0.3, 0.4) is 0 Å². The molecule has 16 heavy (non-hydrogen) atoms. The lowest BCUT2D eigenvalue weighted by atomic mass is 10.2. The van der Waals surface area contributed by atoms with Gasteiger partial charge in [0.15, 0.2) is 0 Å². The predicted octanol–water partition coefficient (Wildman–Crippen LogP) is 3.61. The van der Waals surface area contributed by atoms with Crippen molar-refractivity contribution in [3.63, 3.8) is 0 Å². The molecule has 2 N–H and O–H groups in total. The van der Waals surface area contributed by atoms with Gasteiger partial charge in [0.2, 0.25) is 0 Å². The number of nitrogens with two attached hydrogens (primary N) is 1. The molecule has 1 heterocycles. The Morgan fingerprint density at radius 2 is 2.12 bits per heavy atom. The fourth-order valence-electron chi connectivity index (χ4n) is 1.31. The minimum absolute atomic E-state index is 0.691. The van der Waals surface area contributed by atoms with Crippen LogP contribution < -0.4 is 5.73 Å². The van der Waals surface area contributed by atoms with Crippen LogP contribution >= 0.6 is 23.4 Å². The summed E-state index contributed by atoms with van der Waals surface area (Å²) in [6.45, 7) is 0. The fraction of sp³-hybridized carbons (Fsp3) is 0.0833. The summed E-state index contributed by atoms with van der Waals surface area (Å²) in [5.74, 6) is 0.821. The van der Waals surface area contributed by atoms with E-state index in [1.165, 1.54) is 5.56 Å². The fourth-order valence-corrected chi connectivity index (χ4v) is 2.42. The maximum atomic E-state index is 6.01. The van der Waals surface area contributed by atoms with E-state index in [4.69, 9.17) is 17.3 Å². The number of rotatable bonds is 3. The second-order valence-electron chi connectivity index (χ2n) is 3.32. The van der Waals surface area contributed by atoms with Crippen LogP contribution in [0.25, 0.3) is 0 Å². The molecule has 82 valence electrons. The van der Waals surface area contributed by atoms with Crippen LogP contribution in [0.1, 0.15) is 5.56 Å². The van der Waals surface area contributed by atoms with Crippen molar-refractivity contribution in [2.45, 2.75) is 10.8 Å². The topological polar surface area (TPSA) is 38.9 Å².